The molecule has 1 aliphatic rings. The van der Waals surface area contributed by atoms with Crippen molar-refractivity contribution in [3.05, 3.63) is 40.5 Å². The van der Waals surface area contributed by atoms with Crippen LogP contribution in [-0.4, -0.2) is 44.3 Å². The zero-order valence-electron chi connectivity index (χ0n) is 15.2. The Labute approximate surface area is 157 Å². The maximum Gasteiger partial charge on any atom is 0.230 e. The molecule has 138 valence electrons. The Kier molecular flexibility index (Phi) is 4.82. The number of benzene rings is 1. The fraction of sp³-hybridized carbons (Fsp3) is 0.474. The fourth-order valence-corrected chi connectivity index (χ4v) is 4.68. The molecule has 7 heteroatoms. The smallest absolute Gasteiger partial charge is 0.230 e. The predicted molar refractivity (Wildman–Crippen MR) is 102 cm³/mol. The third-order valence-corrected chi connectivity index (χ3v) is 5.80. The molecular weight excluding hydrogens is 348 g/mol. The van der Waals surface area contributed by atoms with Crippen LogP contribution < -0.4 is 4.74 Å². The van der Waals surface area contributed by atoms with Crippen LogP contribution in [0.4, 0.5) is 0 Å². The van der Waals surface area contributed by atoms with Crippen molar-refractivity contribution in [1.82, 2.24) is 19.5 Å². The number of rotatable bonds is 6. The van der Waals surface area contributed by atoms with Crippen molar-refractivity contribution in [2.45, 2.75) is 39.2 Å². The van der Waals surface area contributed by atoms with E-state index in [9.17, 15) is 5.11 Å². The predicted octanol–water partition coefficient (Wildman–Crippen LogP) is 3.78. The summed E-state index contributed by atoms with van der Waals surface area (Å²) in [6.45, 7) is 6.73. The lowest BCUT2D eigenvalue weighted by atomic mass is 10.0. The van der Waals surface area contributed by atoms with Gasteiger partial charge >= 0.3 is 0 Å². The Bertz CT molecular complexity index is 881. The highest BCUT2D eigenvalue weighted by Crippen LogP contribution is 2.41. The number of nitrogens with zero attached hydrogens (tertiary/aromatic N) is 4. The first-order chi connectivity index (χ1) is 12.7. The van der Waals surface area contributed by atoms with Gasteiger partial charge in [0.05, 0.1) is 17.5 Å². The molecule has 1 N–H and O–H groups in total. The van der Waals surface area contributed by atoms with E-state index in [-0.39, 0.29) is 11.9 Å². The van der Waals surface area contributed by atoms with Crippen LogP contribution in [0.15, 0.2) is 24.3 Å². The summed E-state index contributed by atoms with van der Waals surface area (Å²) in [4.78, 5) is 8.49. The first-order valence-corrected chi connectivity index (χ1v) is 10.0. The number of aromatic nitrogens is 3. The molecule has 0 amide bonds. The molecule has 3 heterocycles. The molecule has 0 bridgehead atoms. The highest BCUT2D eigenvalue weighted by molar-refractivity contribution is 7.17. The molecule has 0 radical (unpaired) electrons. The third-order valence-electron chi connectivity index (χ3n) is 4.73. The van der Waals surface area contributed by atoms with Crippen LogP contribution in [0.5, 0.6) is 11.6 Å². The normalized spacial score (nSPS) is 16.4. The lowest BCUT2D eigenvalue weighted by Crippen LogP contribution is -2.26. The summed E-state index contributed by atoms with van der Waals surface area (Å²) >= 11 is 1.52. The van der Waals surface area contributed by atoms with Crippen LogP contribution in [0, 0.1) is 6.92 Å². The number of fused-ring (bicyclic) bond motifs is 1. The molecule has 1 aliphatic heterocycles. The van der Waals surface area contributed by atoms with E-state index >= 15 is 0 Å². The van der Waals surface area contributed by atoms with Gasteiger partial charge in [-0.3, -0.25) is 4.90 Å². The lowest BCUT2D eigenvalue weighted by Gasteiger charge is -2.27. The molecule has 4 rings (SSSR count). The second-order valence-corrected chi connectivity index (χ2v) is 7.72. The molecule has 26 heavy (non-hydrogen) atoms. The van der Waals surface area contributed by atoms with Crippen LogP contribution in [-0.2, 0) is 0 Å². The Morgan fingerprint density at radius 1 is 1.23 bits per heavy atom. The average Bonchev–Trinajstić information content (AvgIpc) is 3.35. The Morgan fingerprint density at radius 3 is 2.62 bits per heavy atom. The summed E-state index contributed by atoms with van der Waals surface area (Å²) in [6, 6.07) is 8.27. The quantitative estimate of drug-likeness (QED) is 0.713. The van der Waals surface area contributed by atoms with E-state index in [0.717, 1.165) is 47.3 Å². The lowest BCUT2D eigenvalue weighted by molar-refractivity contribution is 0.276. The molecule has 1 unspecified atom stereocenters. The van der Waals surface area contributed by atoms with Gasteiger partial charge in [-0.1, -0.05) is 30.4 Å². The summed E-state index contributed by atoms with van der Waals surface area (Å²) < 4.78 is 7.26. The summed E-state index contributed by atoms with van der Waals surface area (Å²) in [5.74, 6) is 1.76. The van der Waals surface area contributed by atoms with Gasteiger partial charge in [-0.05, 0) is 57.0 Å². The molecule has 1 saturated heterocycles. The van der Waals surface area contributed by atoms with Gasteiger partial charge in [-0.25, -0.2) is 4.98 Å². The number of hydrogen-bond acceptors (Lipinski definition) is 6. The van der Waals surface area contributed by atoms with E-state index in [0.29, 0.717) is 5.82 Å². The van der Waals surface area contributed by atoms with Crippen molar-refractivity contribution in [1.29, 1.82) is 0 Å². The van der Waals surface area contributed by atoms with E-state index in [2.05, 4.69) is 34.0 Å². The molecule has 0 saturated carbocycles. The first kappa shape index (κ1) is 17.3. The van der Waals surface area contributed by atoms with E-state index in [1.165, 1.54) is 24.2 Å². The van der Waals surface area contributed by atoms with Gasteiger partial charge in [0.2, 0.25) is 10.8 Å². The number of likely N-dealkylation sites (tertiary alicyclic amines) is 1. The van der Waals surface area contributed by atoms with Crippen molar-refractivity contribution in [2.24, 2.45) is 0 Å². The van der Waals surface area contributed by atoms with E-state index in [4.69, 9.17) is 4.74 Å². The van der Waals surface area contributed by atoms with Gasteiger partial charge in [0.1, 0.15) is 11.6 Å². The molecular formula is C19H24N4O2S. The molecule has 3 aromatic rings. The van der Waals surface area contributed by atoms with Gasteiger partial charge < -0.3 is 9.84 Å². The summed E-state index contributed by atoms with van der Waals surface area (Å²) in [6.07, 6.45) is 3.37. The van der Waals surface area contributed by atoms with Crippen LogP contribution in [0.25, 0.3) is 4.96 Å². The summed E-state index contributed by atoms with van der Waals surface area (Å²) in [5, 5.41) is 15.1. The minimum Gasteiger partial charge on any atom is -0.494 e. The number of aromatic hydroxyl groups is 1. The van der Waals surface area contributed by atoms with Crippen LogP contribution in [0.2, 0.25) is 0 Å². The molecule has 0 spiro atoms. The van der Waals surface area contributed by atoms with Crippen molar-refractivity contribution in [2.75, 3.05) is 19.7 Å². The summed E-state index contributed by atoms with van der Waals surface area (Å²) in [5.41, 5.74) is 1.16. The average molecular weight is 372 g/mol. The molecule has 1 atom stereocenters. The second kappa shape index (κ2) is 7.25. The fourth-order valence-electron chi connectivity index (χ4n) is 3.52. The van der Waals surface area contributed by atoms with Gasteiger partial charge in [0.15, 0.2) is 0 Å². The van der Waals surface area contributed by atoms with Crippen LogP contribution in [0.3, 0.4) is 0 Å². The van der Waals surface area contributed by atoms with E-state index in [1.54, 1.807) is 4.52 Å². The molecule has 1 fully saturated rings. The van der Waals surface area contributed by atoms with E-state index < -0.39 is 0 Å². The maximum atomic E-state index is 10.8. The SMILES string of the molecule is CCCOc1ccc(C(c2sc3nc(C)nn3c2O)N2CCCC2)cc1. The Balaban J connectivity index is 1.72. The van der Waals surface area contributed by atoms with Crippen molar-refractivity contribution in [3.63, 3.8) is 0 Å². The van der Waals surface area contributed by atoms with Crippen LogP contribution >= 0.6 is 11.3 Å². The van der Waals surface area contributed by atoms with Gasteiger partial charge in [0.25, 0.3) is 0 Å². The van der Waals surface area contributed by atoms with Crippen molar-refractivity contribution in [3.8, 4) is 11.6 Å². The zero-order valence-corrected chi connectivity index (χ0v) is 16.0. The minimum absolute atomic E-state index is 0.0199. The molecule has 0 aliphatic carbocycles. The first-order valence-electron chi connectivity index (χ1n) is 9.19. The standard InChI is InChI=1S/C19H24N4O2S/c1-3-12-25-15-8-6-14(7-9-15)16(22-10-4-5-11-22)17-18(24)23-19(26-17)20-13(2)21-23/h6-9,16,24H,3-5,10-12H2,1-2H3. The number of aryl methyl sites for hydroxylation is 1. The number of hydrogen-bond donors (Lipinski definition) is 1. The topological polar surface area (TPSA) is 62.9 Å². The molecule has 6 nitrogen and oxygen atoms in total. The molecule has 2 aromatic heterocycles. The minimum atomic E-state index is 0.0199. The molecule has 1 aromatic carbocycles. The second-order valence-electron chi connectivity index (χ2n) is 6.71. The van der Waals surface area contributed by atoms with Crippen LogP contribution in [0.1, 0.15) is 48.5 Å². The van der Waals surface area contributed by atoms with Crippen molar-refractivity contribution >= 4 is 16.3 Å². The van der Waals surface area contributed by atoms with Crippen molar-refractivity contribution < 1.29 is 9.84 Å². The van der Waals surface area contributed by atoms with Gasteiger partial charge in [-0.15, -0.1) is 5.10 Å². The largest absolute Gasteiger partial charge is 0.494 e. The number of ether oxygens (including phenoxy) is 1. The third kappa shape index (κ3) is 3.17. The number of thiazole rings is 1. The van der Waals surface area contributed by atoms with E-state index in [1.807, 2.05) is 19.1 Å². The Morgan fingerprint density at radius 2 is 1.96 bits per heavy atom. The Hall–Kier alpha value is -2.12. The maximum absolute atomic E-state index is 10.8. The highest BCUT2D eigenvalue weighted by Gasteiger charge is 2.30. The zero-order chi connectivity index (χ0) is 18.1. The highest BCUT2D eigenvalue weighted by atomic mass is 32.1. The van der Waals surface area contributed by atoms with Gasteiger partial charge in [-0.2, -0.15) is 4.52 Å². The monoisotopic (exact) mass is 372 g/mol. The summed E-state index contributed by atoms with van der Waals surface area (Å²) in [7, 11) is 0. The van der Waals surface area contributed by atoms with Gasteiger partial charge in [0, 0.05) is 0 Å².